The highest BCUT2D eigenvalue weighted by Gasteiger charge is 2.64. The van der Waals surface area contributed by atoms with Crippen LogP contribution in [-0.2, 0) is 35.0 Å². The molecule has 2 amide bonds. The predicted octanol–water partition coefficient (Wildman–Crippen LogP) is 3.62. The van der Waals surface area contributed by atoms with Crippen molar-refractivity contribution in [3.63, 3.8) is 0 Å². The van der Waals surface area contributed by atoms with Crippen LogP contribution in [0.3, 0.4) is 0 Å². The monoisotopic (exact) mass is 663 g/mol. The molecular weight excluding hydrogens is 618 g/mol. The van der Waals surface area contributed by atoms with Crippen molar-refractivity contribution in [2.24, 2.45) is 5.92 Å². The first-order valence-corrected chi connectivity index (χ1v) is 15.7. The fourth-order valence-electron chi connectivity index (χ4n) is 6.05. The third-order valence-corrected chi connectivity index (χ3v) is 9.70. The summed E-state index contributed by atoms with van der Waals surface area (Å²) in [5.74, 6) is -0.933. The quantitative estimate of drug-likeness (QED) is 0.355. The smallest absolute Gasteiger partial charge is 0.409 e. The number of hydrogen-bond acceptors (Lipinski definition) is 10. The molecule has 254 valence electrons. The number of likely N-dealkylation sites (N-methyl/N-ethyl adjacent to an activating group) is 1. The number of benzene rings is 1. The molecule has 1 aromatic carbocycles. The SMILES string of the molecule is COc1cc2cc(c1Cl)N(C)C(=O)CC(OC(=O)C(C)N(C)C)C1(C)OC1[C@H](C)C1CC(O)(NC(=O)O1)C(OC)/C=C/C=C(\C)C2. The van der Waals surface area contributed by atoms with E-state index in [1.165, 1.54) is 19.1 Å². The molecule has 8 atom stereocenters. The highest BCUT2D eigenvalue weighted by atomic mass is 35.5. The minimum absolute atomic E-state index is 0.00466. The number of amides is 2. The molecular formula is C33H46ClN3O9. The van der Waals surface area contributed by atoms with Crippen molar-refractivity contribution in [2.45, 2.75) is 88.7 Å². The highest BCUT2D eigenvalue weighted by molar-refractivity contribution is 6.35. The fraction of sp³-hybridized carbons (Fsp3) is 0.606. The second-order valence-electron chi connectivity index (χ2n) is 12.9. The number of aliphatic hydroxyl groups is 1. The maximum Gasteiger partial charge on any atom is 0.409 e. The zero-order valence-corrected chi connectivity index (χ0v) is 28.7. The lowest BCUT2D eigenvalue weighted by Crippen LogP contribution is -2.63. The molecule has 0 radical (unpaired) electrons. The van der Waals surface area contributed by atoms with Gasteiger partial charge >= 0.3 is 12.1 Å². The van der Waals surface area contributed by atoms with Crippen LogP contribution in [0.5, 0.6) is 5.75 Å². The largest absolute Gasteiger partial charge is 0.495 e. The van der Waals surface area contributed by atoms with E-state index in [-0.39, 0.29) is 23.8 Å². The van der Waals surface area contributed by atoms with Crippen molar-refractivity contribution in [3.8, 4) is 5.75 Å². The number of halogens is 1. The van der Waals surface area contributed by atoms with Gasteiger partial charge in [-0.1, -0.05) is 42.3 Å². The normalized spacial score (nSPS) is 34.4. The van der Waals surface area contributed by atoms with Crippen LogP contribution in [0.15, 0.2) is 35.9 Å². The third-order valence-electron chi connectivity index (χ3n) is 9.32. The van der Waals surface area contributed by atoms with Gasteiger partial charge in [0.15, 0.2) is 5.72 Å². The van der Waals surface area contributed by atoms with Crippen LogP contribution >= 0.6 is 11.6 Å². The van der Waals surface area contributed by atoms with Gasteiger partial charge in [-0.15, -0.1) is 0 Å². The molecule has 4 bridgehead atoms. The standard InChI is InChI=1S/C33H46ClN3O9/c1-18-11-10-12-25(43-9)33(41)17-24(44-31(40)35-33)19(2)29-32(4,46-29)26(45-30(39)20(3)36(5)6)16-27(38)37(7)22-14-21(13-18)15-23(42-8)28(22)34/h10-12,14-15,19-20,24-26,29,41H,13,16-17H2,1-9H3,(H,35,40)/b12-10+,18-11+/t19-,20?,24?,25?,26?,29?,32?,33?/m1/s1. The molecule has 1 aromatic rings. The van der Waals surface area contributed by atoms with Gasteiger partial charge in [-0.25, -0.2) is 4.79 Å². The molecule has 4 rings (SSSR count). The molecule has 0 spiro atoms. The number of epoxide rings is 1. The molecule has 0 saturated carbocycles. The number of rotatable bonds is 5. The second kappa shape index (κ2) is 13.9. The van der Waals surface area contributed by atoms with E-state index in [0.717, 1.165) is 11.1 Å². The summed E-state index contributed by atoms with van der Waals surface area (Å²) in [5, 5.41) is 14.4. The maximum absolute atomic E-state index is 13.9. The number of nitrogens with zero attached hydrogens (tertiary/aromatic N) is 2. The van der Waals surface area contributed by atoms with Crippen LogP contribution in [0.4, 0.5) is 10.5 Å². The molecule has 13 heteroatoms. The Morgan fingerprint density at radius 2 is 1.96 bits per heavy atom. The van der Waals surface area contributed by atoms with Crippen LogP contribution in [-0.4, -0.2) is 105 Å². The van der Waals surface area contributed by atoms with Crippen LogP contribution in [0.25, 0.3) is 0 Å². The Morgan fingerprint density at radius 3 is 2.59 bits per heavy atom. The molecule has 0 aliphatic carbocycles. The van der Waals surface area contributed by atoms with Gasteiger partial charge in [0.1, 0.15) is 40.7 Å². The van der Waals surface area contributed by atoms with Crippen molar-refractivity contribution >= 4 is 35.3 Å². The number of methoxy groups -OCH3 is 2. The zero-order valence-electron chi connectivity index (χ0n) is 28.0. The Bertz CT molecular complexity index is 1400. The van der Waals surface area contributed by atoms with Crippen LogP contribution in [0, 0.1) is 5.92 Å². The molecule has 3 aliphatic rings. The fourth-order valence-corrected chi connectivity index (χ4v) is 6.37. The van der Waals surface area contributed by atoms with E-state index in [9.17, 15) is 19.5 Å². The minimum Gasteiger partial charge on any atom is -0.495 e. The lowest BCUT2D eigenvalue weighted by atomic mass is 9.83. The molecule has 2 fully saturated rings. The number of anilines is 1. The lowest BCUT2D eigenvalue weighted by molar-refractivity contribution is -0.158. The zero-order chi connectivity index (χ0) is 34.1. The number of nitrogens with one attached hydrogen (secondary N) is 1. The topological polar surface area (TPSA) is 139 Å². The van der Waals surface area contributed by atoms with E-state index < -0.39 is 59.8 Å². The summed E-state index contributed by atoms with van der Waals surface area (Å²) in [6.45, 7) is 7.25. The summed E-state index contributed by atoms with van der Waals surface area (Å²) in [6.07, 6.45) is 1.53. The molecule has 0 aromatic heterocycles. The number of hydrogen-bond donors (Lipinski definition) is 2. The molecule has 3 aliphatic heterocycles. The van der Waals surface area contributed by atoms with Crippen molar-refractivity contribution in [1.29, 1.82) is 0 Å². The number of esters is 1. The Balaban J connectivity index is 1.80. The van der Waals surface area contributed by atoms with Gasteiger partial charge < -0.3 is 33.7 Å². The number of fused-ring (bicyclic) bond motifs is 5. The third kappa shape index (κ3) is 7.36. The van der Waals surface area contributed by atoms with Crippen molar-refractivity contribution in [2.75, 3.05) is 40.3 Å². The maximum atomic E-state index is 13.9. The van der Waals surface area contributed by atoms with Gasteiger partial charge in [0.05, 0.1) is 25.3 Å². The predicted molar refractivity (Wildman–Crippen MR) is 172 cm³/mol. The molecule has 2 N–H and O–H groups in total. The number of allylic oxidation sites excluding steroid dienone is 3. The lowest BCUT2D eigenvalue weighted by Gasteiger charge is -2.42. The summed E-state index contributed by atoms with van der Waals surface area (Å²) in [5.41, 5.74) is -0.642. The van der Waals surface area contributed by atoms with E-state index in [4.69, 9.17) is 35.3 Å². The first-order chi connectivity index (χ1) is 21.5. The molecule has 2 saturated heterocycles. The number of ether oxygens (including phenoxy) is 5. The number of carbonyl (C=O) groups is 3. The Labute approximate surface area is 275 Å². The first kappa shape index (κ1) is 35.7. The Hall–Kier alpha value is -3.16. The van der Waals surface area contributed by atoms with E-state index >= 15 is 0 Å². The summed E-state index contributed by atoms with van der Waals surface area (Å²) in [7, 11) is 8.07. The molecule has 46 heavy (non-hydrogen) atoms. The van der Waals surface area contributed by atoms with Gasteiger partial charge in [-0.2, -0.15) is 0 Å². The Kier molecular flexibility index (Phi) is 10.8. The van der Waals surface area contributed by atoms with Gasteiger partial charge in [0, 0.05) is 26.5 Å². The van der Waals surface area contributed by atoms with E-state index in [1.807, 2.05) is 32.1 Å². The van der Waals surface area contributed by atoms with Crippen LogP contribution in [0.1, 0.15) is 46.1 Å². The van der Waals surface area contributed by atoms with E-state index in [2.05, 4.69) is 5.32 Å². The average Bonchev–Trinajstić information content (AvgIpc) is 3.69. The number of alkyl carbamates (subject to hydrolysis) is 1. The molecule has 3 heterocycles. The summed E-state index contributed by atoms with van der Waals surface area (Å²) in [4.78, 5) is 43.0. The van der Waals surface area contributed by atoms with Crippen molar-refractivity contribution in [1.82, 2.24) is 10.2 Å². The average molecular weight is 664 g/mol. The Morgan fingerprint density at radius 1 is 1.26 bits per heavy atom. The first-order valence-electron chi connectivity index (χ1n) is 15.3. The summed E-state index contributed by atoms with van der Waals surface area (Å²) < 4.78 is 29.0. The minimum atomic E-state index is -1.78. The van der Waals surface area contributed by atoms with E-state index in [1.54, 1.807) is 52.0 Å². The number of carbonyl (C=O) groups excluding carboxylic acids is 3. The molecule has 12 nitrogen and oxygen atoms in total. The summed E-state index contributed by atoms with van der Waals surface area (Å²) in [6, 6.07) is 3.04. The van der Waals surface area contributed by atoms with Gasteiger partial charge in [0.2, 0.25) is 5.91 Å². The van der Waals surface area contributed by atoms with Gasteiger partial charge in [-0.3, -0.25) is 19.8 Å². The van der Waals surface area contributed by atoms with E-state index in [0.29, 0.717) is 17.9 Å². The van der Waals surface area contributed by atoms with Crippen molar-refractivity contribution in [3.05, 3.63) is 46.5 Å². The molecule has 7 unspecified atom stereocenters. The second-order valence-corrected chi connectivity index (χ2v) is 13.2. The highest BCUT2D eigenvalue weighted by Crippen LogP contribution is 2.49. The van der Waals surface area contributed by atoms with Crippen LogP contribution in [0.2, 0.25) is 5.02 Å². The van der Waals surface area contributed by atoms with Gasteiger partial charge in [-0.05, 0) is 59.0 Å². The van der Waals surface area contributed by atoms with Gasteiger partial charge in [0.25, 0.3) is 0 Å². The van der Waals surface area contributed by atoms with Crippen molar-refractivity contribution < 1.29 is 43.2 Å². The summed E-state index contributed by atoms with van der Waals surface area (Å²) >= 11 is 6.71. The van der Waals surface area contributed by atoms with Crippen LogP contribution < -0.4 is 15.0 Å².